The zero-order valence-corrected chi connectivity index (χ0v) is 14.6. The number of benzene rings is 2. The summed E-state index contributed by atoms with van der Waals surface area (Å²) in [5, 5.41) is 3.53. The molecule has 0 fully saturated rings. The molecule has 1 amide bonds. The van der Waals surface area contributed by atoms with Gasteiger partial charge in [-0.25, -0.2) is 4.39 Å². The minimum Gasteiger partial charge on any atom is -0.495 e. The fourth-order valence-corrected chi connectivity index (χ4v) is 2.78. The molecule has 0 aliphatic heterocycles. The van der Waals surface area contributed by atoms with E-state index in [-0.39, 0.29) is 24.3 Å². The van der Waals surface area contributed by atoms with E-state index >= 15 is 0 Å². The smallest absolute Gasteiger partial charge is 0.251 e. The normalized spacial score (nSPS) is 10.7. The molecule has 0 atom stereocenters. The highest BCUT2D eigenvalue weighted by molar-refractivity contribution is 5.92. The second-order valence-electron chi connectivity index (χ2n) is 6.11. The van der Waals surface area contributed by atoms with Crippen LogP contribution >= 0.6 is 0 Å². The average molecular weight is 354 g/mol. The van der Waals surface area contributed by atoms with Crippen molar-refractivity contribution in [2.24, 2.45) is 0 Å². The van der Waals surface area contributed by atoms with Crippen molar-refractivity contribution in [3.63, 3.8) is 0 Å². The summed E-state index contributed by atoms with van der Waals surface area (Å²) >= 11 is 0. The Morgan fingerprint density at radius 2 is 2.00 bits per heavy atom. The Hall–Kier alpha value is -3.15. The zero-order valence-electron chi connectivity index (χ0n) is 14.6. The van der Waals surface area contributed by atoms with Gasteiger partial charge in [0, 0.05) is 12.0 Å². The maximum Gasteiger partial charge on any atom is 0.251 e. The number of hydrogen-bond acceptors (Lipinski definition) is 3. The maximum absolute atomic E-state index is 13.2. The second-order valence-corrected chi connectivity index (χ2v) is 6.11. The Balaban J connectivity index is 1.73. The summed E-state index contributed by atoms with van der Waals surface area (Å²) in [5.74, 6) is -0.0468. The van der Waals surface area contributed by atoms with Gasteiger partial charge in [0.1, 0.15) is 11.6 Å². The number of H-pyrrole nitrogens is 1. The number of aromatic amines is 1. The molecule has 0 saturated heterocycles. The first-order valence-corrected chi connectivity index (χ1v) is 8.22. The number of hydrogen-bond donors (Lipinski definition) is 2. The average Bonchev–Trinajstić information content (AvgIpc) is 2.60. The van der Waals surface area contributed by atoms with Crippen LogP contribution in [0.25, 0.3) is 10.9 Å². The van der Waals surface area contributed by atoms with Gasteiger partial charge >= 0.3 is 0 Å². The zero-order chi connectivity index (χ0) is 18.7. The van der Waals surface area contributed by atoms with Crippen LogP contribution in [-0.2, 0) is 11.2 Å². The van der Waals surface area contributed by atoms with Gasteiger partial charge in [0.2, 0.25) is 5.91 Å². The third kappa shape index (κ3) is 3.91. The summed E-state index contributed by atoms with van der Waals surface area (Å²) in [4.78, 5) is 27.0. The van der Waals surface area contributed by atoms with Gasteiger partial charge in [0.15, 0.2) is 0 Å². The Morgan fingerprint density at radius 3 is 2.77 bits per heavy atom. The minimum atomic E-state index is -0.410. The van der Waals surface area contributed by atoms with E-state index in [9.17, 15) is 14.0 Å². The Kier molecular flexibility index (Phi) is 5.02. The second kappa shape index (κ2) is 7.39. The molecule has 1 aromatic heterocycles. The van der Waals surface area contributed by atoms with E-state index in [1.807, 2.05) is 19.1 Å². The van der Waals surface area contributed by atoms with E-state index < -0.39 is 5.82 Å². The number of halogens is 1. The number of nitrogens with one attached hydrogen (secondary N) is 2. The van der Waals surface area contributed by atoms with E-state index in [1.54, 1.807) is 18.2 Å². The van der Waals surface area contributed by atoms with Crippen LogP contribution in [0.15, 0.2) is 47.3 Å². The van der Waals surface area contributed by atoms with Crippen LogP contribution in [0.5, 0.6) is 5.75 Å². The van der Waals surface area contributed by atoms with Crippen molar-refractivity contribution in [2.75, 3.05) is 12.4 Å². The molecule has 134 valence electrons. The largest absolute Gasteiger partial charge is 0.495 e. The number of fused-ring (bicyclic) bond motifs is 1. The molecule has 3 rings (SSSR count). The lowest BCUT2D eigenvalue weighted by molar-refractivity contribution is -0.116. The number of pyridine rings is 1. The SMILES string of the molecule is COc1ccc(C)cc1NC(=O)CCc1cc2ccc(F)cc2[nH]c1=O. The molecule has 2 aromatic carbocycles. The predicted octanol–water partition coefficient (Wildman–Crippen LogP) is 3.56. The number of methoxy groups -OCH3 is 1. The van der Waals surface area contributed by atoms with Crippen LogP contribution < -0.4 is 15.6 Å². The maximum atomic E-state index is 13.2. The van der Waals surface area contributed by atoms with Gasteiger partial charge in [-0.1, -0.05) is 6.07 Å². The number of aryl methyl sites for hydroxylation is 2. The number of carbonyl (C=O) groups is 1. The number of carbonyl (C=O) groups excluding carboxylic acids is 1. The van der Waals surface area contributed by atoms with Crippen LogP contribution in [-0.4, -0.2) is 18.0 Å². The summed E-state index contributed by atoms with van der Waals surface area (Å²) in [7, 11) is 1.54. The van der Waals surface area contributed by atoms with Crippen molar-refractivity contribution in [1.29, 1.82) is 0 Å². The molecular weight excluding hydrogens is 335 g/mol. The third-order valence-corrected chi connectivity index (χ3v) is 4.14. The summed E-state index contributed by atoms with van der Waals surface area (Å²) in [6.45, 7) is 1.92. The topological polar surface area (TPSA) is 71.2 Å². The van der Waals surface area contributed by atoms with E-state index in [0.717, 1.165) is 10.9 Å². The lowest BCUT2D eigenvalue weighted by Gasteiger charge is -2.11. The molecule has 0 aliphatic carbocycles. The number of ether oxygens (including phenoxy) is 1. The van der Waals surface area contributed by atoms with Crippen molar-refractivity contribution < 1.29 is 13.9 Å². The van der Waals surface area contributed by atoms with Crippen molar-refractivity contribution in [3.05, 3.63) is 69.8 Å². The first kappa shape index (κ1) is 17.7. The highest BCUT2D eigenvalue weighted by Crippen LogP contribution is 2.25. The Morgan fingerprint density at radius 1 is 1.19 bits per heavy atom. The Bertz CT molecular complexity index is 1030. The van der Waals surface area contributed by atoms with E-state index in [4.69, 9.17) is 4.74 Å². The molecule has 26 heavy (non-hydrogen) atoms. The van der Waals surface area contributed by atoms with Gasteiger partial charge in [-0.3, -0.25) is 9.59 Å². The van der Waals surface area contributed by atoms with Crippen LogP contribution in [0, 0.1) is 12.7 Å². The minimum absolute atomic E-state index is 0.146. The molecule has 0 radical (unpaired) electrons. The predicted molar refractivity (Wildman–Crippen MR) is 99.2 cm³/mol. The fraction of sp³-hybridized carbons (Fsp3) is 0.200. The first-order chi connectivity index (χ1) is 12.5. The molecule has 0 unspecified atom stereocenters. The molecule has 1 heterocycles. The van der Waals surface area contributed by atoms with Gasteiger partial charge in [-0.2, -0.15) is 0 Å². The quantitative estimate of drug-likeness (QED) is 0.736. The van der Waals surface area contributed by atoms with Gasteiger partial charge in [0.05, 0.1) is 18.3 Å². The molecule has 6 heteroatoms. The van der Waals surface area contributed by atoms with Gasteiger partial charge < -0.3 is 15.0 Å². The first-order valence-electron chi connectivity index (χ1n) is 8.22. The summed E-state index contributed by atoms with van der Waals surface area (Å²) in [6, 6.07) is 11.4. The number of anilines is 1. The highest BCUT2D eigenvalue weighted by Gasteiger charge is 2.10. The Labute approximate surface area is 149 Å². The van der Waals surface area contributed by atoms with Crippen LogP contribution in [0.4, 0.5) is 10.1 Å². The molecular formula is C20H19FN2O3. The summed E-state index contributed by atoms with van der Waals surface area (Å²) in [5.41, 5.74) is 2.20. The van der Waals surface area contributed by atoms with Crippen molar-refractivity contribution in [3.8, 4) is 5.75 Å². The van der Waals surface area contributed by atoms with Crippen molar-refractivity contribution in [1.82, 2.24) is 4.98 Å². The number of rotatable bonds is 5. The molecule has 0 spiro atoms. The van der Waals surface area contributed by atoms with E-state index in [0.29, 0.717) is 22.5 Å². The van der Waals surface area contributed by atoms with Crippen LogP contribution in [0.2, 0.25) is 0 Å². The van der Waals surface area contributed by atoms with Crippen LogP contribution in [0.1, 0.15) is 17.5 Å². The highest BCUT2D eigenvalue weighted by atomic mass is 19.1. The van der Waals surface area contributed by atoms with Crippen molar-refractivity contribution >= 4 is 22.5 Å². The molecule has 0 saturated carbocycles. The van der Waals surface area contributed by atoms with Crippen LogP contribution in [0.3, 0.4) is 0 Å². The number of amides is 1. The van der Waals surface area contributed by atoms with Gasteiger partial charge in [-0.05, 0) is 60.7 Å². The van der Waals surface area contributed by atoms with Gasteiger partial charge in [0.25, 0.3) is 5.56 Å². The third-order valence-electron chi connectivity index (χ3n) is 4.14. The molecule has 0 bridgehead atoms. The number of aromatic nitrogens is 1. The molecule has 2 N–H and O–H groups in total. The summed E-state index contributed by atoms with van der Waals surface area (Å²) in [6.07, 6.45) is 0.426. The molecule has 3 aromatic rings. The van der Waals surface area contributed by atoms with E-state index in [1.165, 1.54) is 19.2 Å². The standard InChI is InChI=1S/C20H19FN2O3/c1-12-3-7-18(26-2)17(9-12)22-19(24)8-5-14-10-13-4-6-15(21)11-16(13)23-20(14)25/h3-4,6-7,9-11H,5,8H2,1-2H3,(H,22,24)(H,23,25). The lowest BCUT2D eigenvalue weighted by atomic mass is 10.1. The van der Waals surface area contributed by atoms with Crippen molar-refractivity contribution in [2.45, 2.75) is 19.8 Å². The fourth-order valence-electron chi connectivity index (χ4n) is 2.78. The molecule has 5 nitrogen and oxygen atoms in total. The monoisotopic (exact) mass is 354 g/mol. The van der Waals surface area contributed by atoms with Gasteiger partial charge in [-0.15, -0.1) is 0 Å². The van der Waals surface area contributed by atoms with E-state index in [2.05, 4.69) is 10.3 Å². The summed E-state index contributed by atoms with van der Waals surface area (Å²) < 4.78 is 18.5. The lowest BCUT2D eigenvalue weighted by Crippen LogP contribution is -2.17. The molecule has 0 aliphatic rings.